The number of halogens is 1. The number of nitrogens with zero attached hydrogens (tertiary/aromatic N) is 5. The third-order valence-electron chi connectivity index (χ3n) is 5.11. The SMILES string of the molecule is CCNC(=O)c1cncc(-c2cc(C)c3c(n2)C(C)N(c2cnn(CCl)c2)C3=O)c1. The van der Waals surface area contributed by atoms with Gasteiger partial charge in [0.2, 0.25) is 0 Å². The van der Waals surface area contributed by atoms with Crippen LogP contribution in [0.1, 0.15) is 51.9 Å². The number of hydrogen-bond acceptors (Lipinski definition) is 5. The minimum atomic E-state index is -0.265. The lowest BCUT2D eigenvalue weighted by atomic mass is 10.0. The van der Waals surface area contributed by atoms with Gasteiger partial charge in [-0.05, 0) is 38.5 Å². The van der Waals surface area contributed by atoms with E-state index in [1.807, 2.05) is 26.8 Å². The third-order valence-corrected chi connectivity index (χ3v) is 5.36. The summed E-state index contributed by atoms with van der Waals surface area (Å²) in [4.78, 5) is 36.0. The molecule has 1 unspecified atom stereocenters. The lowest BCUT2D eigenvalue weighted by molar-refractivity contribution is 0.0953. The van der Waals surface area contributed by atoms with Gasteiger partial charge in [0.15, 0.2) is 0 Å². The zero-order valence-corrected chi connectivity index (χ0v) is 17.6. The molecule has 0 aromatic carbocycles. The van der Waals surface area contributed by atoms with E-state index in [2.05, 4.69) is 15.4 Å². The maximum atomic E-state index is 13.1. The molecule has 4 rings (SSSR count). The molecule has 3 aromatic rings. The molecule has 1 aliphatic rings. The first-order valence-electron chi connectivity index (χ1n) is 9.61. The highest BCUT2D eigenvalue weighted by atomic mass is 35.5. The maximum Gasteiger partial charge on any atom is 0.261 e. The molecule has 0 fully saturated rings. The van der Waals surface area contributed by atoms with Crippen LogP contribution in [-0.2, 0) is 6.00 Å². The molecule has 0 spiro atoms. The van der Waals surface area contributed by atoms with Crippen LogP contribution in [0.2, 0.25) is 0 Å². The van der Waals surface area contributed by atoms with Crippen LogP contribution in [0.4, 0.5) is 5.69 Å². The second-order valence-corrected chi connectivity index (χ2v) is 7.35. The van der Waals surface area contributed by atoms with Crippen LogP contribution in [0.3, 0.4) is 0 Å². The van der Waals surface area contributed by atoms with Crippen molar-refractivity contribution in [3.8, 4) is 11.3 Å². The Kier molecular flexibility index (Phi) is 5.26. The molecular weight excluding hydrogens is 404 g/mol. The first-order valence-corrected chi connectivity index (χ1v) is 10.1. The van der Waals surface area contributed by atoms with Gasteiger partial charge in [-0.25, -0.2) is 4.98 Å². The van der Waals surface area contributed by atoms with Crippen molar-refractivity contribution in [1.82, 2.24) is 25.1 Å². The van der Waals surface area contributed by atoms with Crippen LogP contribution in [0.5, 0.6) is 0 Å². The highest BCUT2D eigenvalue weighted by molar-refractivity contribution is 6.15. The number of rotatable bonds is 5. The Morgan fingerprint density at radius 2 is 2.07 bits per heavy atom. The molecule has 154 valence electrons. The Bertz CT molecular complexity index is 1140. The van der Waals surface area contributed by atoms with Crippen LogP contribution >= 0.6 is 11.6 Å². The highest BCUT2D eigenvalue weighted by Gasteiger charge is 2.38. The van der Waals surface area contributed by atoms with E-state index in [1.165, 1.54) is 6.20 Å². The fraction of sp³-hybridized carbons (Fsp3) is 0.286. The van der Waals surface area contributed by atoms with Gasteiger partial charge in [-0.1, -0.05) is 0 Å². The number of aromatic nitrogens is 4. The second-order valence-electron chi connectivity index (χ2n) is 7.12. The Balaban J connectivity index is 1.74. The van der Waals surface area contributed by atoms with Crippen molar-refractivity contribution in [2.24, 2.45) is 0 Å². The Morgan fingerprint density at radius 3 is 2.77 bits per heavy atom. The number of amides is 2. The topological polar surface area (TPSA) is 93.0 Å². The summed E-state index contributed by atoms with van der Waals surface area (Å²) < 4.78 is 1.56. The van der Waals surface area contributed by atoms with E-state index in [4.69, 9.17) is 16.6 Å². The Hall–Kier alpha value is -3.26. The van der Waals surface area contributed by atoms with Crippen molar-refractivity contribution in [2.45, 2.75) is 32.8 Å². The fourth-order valence-electron chi connectivity index (χ4n) is 3.69. The number of carbonyl (C=O) groups excluding carboxylic acids is 2. The minimum Gasteiger partial charge on any atom is -0.352 e. The molecule has 0 bridgehead atoms. The van der Waals surface area contributed by atoms with Crippen LogP contribution in [-0.4, -0.2) is 38.1 Å². The van der Waals surface area contributed by atoms with E-state index in [1.54, 1.807) is 34.2 Å². The Morgan fingerprint density at radius 1 is 1.27 bits per heavy atom. The molecule has 2 amide bonds. The van der Waals surface area contributed by atoms with E-state index in [0.29, 0.717) is 34.7 Å². The summed E-state index contributed by atoms with van der Waals surface area (Å²) in [5.74, 6) is -0.298. The molecule has 8 nitrogen and oxygen atoms in total. The van der Waals surface area contributed by atoms with E-state index in [9.17, 15) is 9.59 Å². The summed E-state index contributed by atoms with van der Waals surface area (Å²) >= 11 is 5.83. The molecular formula is C21H21ClN6O2. The maximum absolute atomic E-state index is 13.1. The number of fused-ring (bicyclic) bond motifs is 1. The number of aryl methyl sites for hydroxylation is 1. The van der Waals surface area contributed by atoms with Gasteiger partial charge in [-0.3, -0.25) is 24.2 Å². The van der Waals surface area contributed by atoms with Gasteiger partial charge in [0.25, 0.3) is 11.8 Å². The first kappa shape index (κ1) is 20.0. The average molecular weight is 425 g/mol. The van der Waals surface area contributed by atoms with Crippen LogP contribution in [0.25, 0.3) is 11.3 Å². The monoisotopic (exact) mass is 424 g/mol. The summed E-state index contributed by atoms with van der Waals surface area (Å²) in [7, 11) is 0. The first-order chi connectivity index (χ1) is 14.4. The summed E-state index contributed by atoms with van der Waals surface area (Å²) in [6.07, 6.45) is 6.56. The number of pyridine rings is 2. The molecule has 3 aromatic heterocycles. The van der Waals surface area contributed by atoms with E-state index in [-0.39, 0.29) is 23.9 Å². The van der Waals surface area contributed by atoms with Gasteiger partial charge < -0.3 is 5.32 Å². The van der Waals surface area contributed by atoms with Gasteiger partial charge in [0.05, 0.1) is 46.6 Å². The van der Waals surface area contributed by atoms with Gasteiger partial charge in [-0.15, -0.1) is 11.6 Å². The number of alkyl halides is 1. The summed E-state index contributed by atoms with van der Waals surface area (Å²) in [5, 5.41) is 6.93. The van der Waals surface area contributed by atoms with Crippen LogP contribution < -0.4 is 10.2 Å². The standard InChI is InChI=1S/C21H21ClN6O2/c1-4-24-20(29)15-6-14(7-23-8-15)17-5-12(2)18-19(26-17)13(3)28(21(18)30)16-9-25-27(10-16)11-22/h5-10,13H,4,11H2,1-3H3,(H,24,29). The van der Waals surface area contributed by atoms with Crippen molar-refractivity contribution in [3.05, 3.63) is 59.3 Å². The zero-order valence-electron chi connectivity index (χ0n) is 16.9. The van der Waals surface area contributed by atoms with Crippen molar-refractivity contribution in [1.29, 1.82) is 0 Å². The number of anilines is 1. The molecule has 4 heterocycles. The lowest BCUT2D eigenvalue weighted by Crippen LogP contribution is -2.26. The second kappa shape index (κ2) is 7.87. The van der Waals surface area contributed by atoms with E-state index in [0.717, 1.165) is 11.1 Å². The van der Waals surface area contributed by atoms with Gasteiger partial charge in [0.1, 0.15) is 6.00 Å². The normalized spacial score (nSPS) is 15.4. The molecule has 0 saturated carbocycles. The molecule has 1 atom stereocenters. The van der Waals surface area contributed by atoms with E-state index < -0.39 is 0 Å². The Labute approximate surface area is 178 Å². The smallest absolute Gasteiger partial charge is 0.261 e. The quantitative estimate of drug-likeness (QED) is 0.634. The van der Waals surface area contributed by atoms with Crippen LogP contribution in [0.15, 0.2) is 36.9 Å². The van der Waals surface area contributed by atoms with Crippen LogP contribution in [0, 0.1) is 6.92 Å². The van der Waals surface area contributed by atoms with Gasteiger partial charge in [0, 0.05) is 24.5 Å². The van der Waals surface area contributed by atoms with Crippen molar-refractivity contribution < 1.29 is 9.59 Å². The summed E-state index contributed by atoms with van der Waals surface area (Å²) in [6.45, 7) is 6.22. The molecule has 0 aliphatic carbocycles. The van der Waals surface area contributed by atoms with Gasteiger partial charge >= 0.3 is 0 Å². The summed E-state index contributed by atoms with van der Waals surface area (Å²) in [6, 6.07) is 3.56. The van der Waals surface area contributed by atoms with Crippen molar-refractivity contribution >= 4 is 29.1 Å². The largest absolute Gasteiger partial charge is 0.352 e. The fourth-order valence-corrected chi connectivity index (χ4v) is 3.83. The number of hydrogen-bond donors (Lipinski definition) is 1. The van der Waals surface area contributed by atoms with E-state index >= 15 is 0 Å². The lowest BCUT2D eigenvalue weighted by Gasteiger charge is -2.19. The predicted molar refractivity (Wildman–Crippen MR) is 114 cm³/mol. The molecule has 1 aliphatic heterocycles. The predicted octanol–water partition coefficient (Wildman–Crippen LogP) is 3.32. The zero-order chi connectivity index (χ0) is 21.4. The molecule has 0 saturated heterocycles. The minimum absolute atomic E-state index is 0.114. The highest BCUT2D eigenvalue weighted by Crippen LogP contribution is 2.38. The summed E-state index contributed by atoms with van der Waals surface area (Å²) in [5.41, 5.74) is 4.64. The van der Waals surface area contributed by atoms with Gasteiger partial charge in [-0.2, -0.15) is 5.10 Å². The van der Waals surface area contributed by atoms with Crippen molar-refractivity contribution in [3.63, 3.8) is 0 Å². The molecule has 30 heavy (non-hydrogen) atoms. The molecule has 0 radical (unpaired) electrons. The number of nitrogens with one attached hydrogen (secondary N) is 1. The number of carbonyl (C=O) groups is 2. The average Bonchev–Trinajstić information content (AvgIpc) is 3.31. The third kappa shape index (κ3) is 3.33. The van der Waals surface area contributed by atoms with Crippen molar-refractivity contribution in [2.75, 3.05) is 11.4 Å². The molecule has 9 heteroatoms. The molecule has 1 N–H and O–H groups in total.